The molecule has 11 heteroatoms. The standard InChI is InChI=1S/C22H15Cl4N3O2S2/c1-8(27)17(10-3-11(23)5-12(24)4-10)19(20(30)31)29-22-28-18-14-7-16(26)15(25)6-13(14)9(2)32-21(18)33-22/h3-7,9H,27H2,1-2H3,(H,30,31). The maximum atomic E-state index is 12.2. The Kier molecular flexibility index (Phi) is 7.01. The number of rotatable bonds is 4. The molecule has 0 aliphatic carbocycles. The van der Waals surface area contributed by atoms with Gasteiger partial charge in [-0.15, -0.1) is 11.8 Å². The number of hydrogen-bond acceptors (Lipinski definition) is 6. The van der Waals surface area contributed by atoms with E-state index in [0.717, 1.165) is 15.3 Å². The maximum Gasteiger partial charge on any atom is 0.355 e. The lowest BCUT2D eigenvalue weighted by Gasteiger charge is -2.21. The van der Waals surface area contributed by atoms with Crippen LogP contribution in [0.25, 0.3) is 16.8 Å². The number of thiazole rings is 1. The molecule has 0 spiro atoms. The summed E-state index contributed by atoms with van der Waals surface area (Å²) in [7, 11) is 0. The van der Waals surface area contributed by atoms with Crippen molar-refractivity contribution >= 4 is 91.9 Å². The summed E-state index contributed by atoms with van der Waals surface area (Å²) < 4.78 is 0.915. The van der Waals surface area contributed by atoms with Crippen molar-refractivity contribution in [3.05, 3.63) is 67.2 Å². The fourth-order valence-electron chi connectivity index (χ4n) is 3.48. The molecule has 4 rings (SSSR count). The number of carbonyl (C=O) groups is 1. The van der Waals surface area contributed by atoms with E-state index >= 15 is 0 Å². The Hall–Kier alpha value is -1.74. The Morgan fingerprint density at radius 2 is 1.73 bits per heavy atom. The number of carboxylic acid groups (broad SMARTS) is 1. The molecule has 0 amide bonds. The van der Waals surface area contributed by atoms with Crippen molar-refractivity contribution in [3.8, 4) is 11.3 Å². The zero-order chi connectivity index (χ0) is 24.0. The summed E-state index contributed by atoms with van der Waals surface area (Å²) in [5.74, 6) is -1.25. The van der Waals surface area contributed by atoms with Gasteiger partial charge in [-0.3, -0.25) is 0 Å². The van der Waals surface area contributed by atoms with Crippen LogP contribution >= 0.6 is 69.5 Å². The number of aliphatic carboxylic acids is 1. The number of carboxylic acids is 1. The smallest absolute Gasteiger partial charge is 0.355 e. The monoisotopic (exact) mass is 557 g/mol. The third-order valence-corrected chi connectivity index (χ3v) is 8.30. The molecule has 0 fully saturated rings. The summed E-state index contributed by atoms with van der Waals surface area (Å²) in [6, 6.07) is 8.35. The minimum Gasteiger partial charge on any atom is -0.476 e. The third-order valence-electron chi connectivity index (χ3n) is 4.85. The first-order chi connectivity index (χ1) is 15.5. The first-order valence-corrected chi connectivity index (χ1v) is 12.7. The topological polar surface area (TPSA) is 88.6 Å². The highest BCUT2D eigenvalue weighted by molar-refractivity contribution is 8.01. The Bertz CT molecular complexity index is 1340. The molecule has 170 valence electrons. The van der Waals surface area contributed by atoms with Crippen LogP contribution in [-0.4, -0.2) is 21.8 Å². The van der Waals surface area contributed by atoms with Crippen LogP contribution in [0, 0.1) is 0 Å². The minimum atomic E-state index is -1.25. The molecule has 0 saturated carbocycles. The number of aliphatic imine (C=N–C) groups is 1. The fraction of sp³-hybridized carbons (Fsp3) is 0.136. The van der Waals surface area contributed by atoms with Gasteiger partial charge < -0.3 is 10.8 Å². The first kappa shape index (κ1) is 24.4. The molecule has 3 aromatic rings. The highest BCUT2D eigenvalue weighted by Crippen LogP contribution is 2.53. The van der Waals surface area contributed by atoms with E-state index in [2.05, 4.69) is 16.9 Å². The van der Waals surface area contributed by atoms with Gasteiger partial charge in [0.2, 0.25) is 5.13 Å². The second kappa shape index (κ2) is 9.49. The summed E-state index contributed by atoms with van der Waals surface area (Å²) in [5, 5.41) is 12.0. The predicted molar refractivity (Wildman–Crippen MR) is 140 cm³/mol. The van der Waals surface area contributed by atoms with Crippen molar-refractivity contribution in [1.29, 1.82) is 0 Å². The van der Waals surface area contributed by atoms with Gasteiger partial charge in [0.25, 0.3) is 0 Å². The summed E-state index contributed by atoms with van der Waals surface area (Å²) >= 11 is 27.6. The van der Waals surface area contributed by atoms with Crippen LogP contribution in [-0.2, 0) is 4.79 Å². The number of allylic oxidation sites excluding steroid dienone is 1. The molecule has 3 N–H and O–H groups in total. The summed E-state index contributed by atoms with van der Waals surface area (Å²) in [4.78, 5) is 21.2. The number of thioether (sulfide) groups is 1. The summed E-state index contributed by atoms with van der Waals surface area (Å²) in [6.07, 6.45) is 0. The van der Waals surface area contributed by atoms with Crippen molar-refractivity contribution in [2.75, 3.05) is 0 Å². The van der Waals surface area contributed by atoms with Crippen LogP contribution in [0.1, 0.15) is 30.2 Å². The molecule has 2 aromatic carbocycles. The molecular weight excluding hydrogens is 544 g/mol. The number of halogens is 4. The van der Waals surface area contributed by atoms with Crippen molar-refractivity contribution in [3.63, 3.8) is 0 Å². The maximum absolute atomic E-state index is 12.2. The van der Waals surface area contributed by atoms with Gasteiger partial charge in [-0.25, -0.2) is 14.8 Å². The number of fused-ring (bicyclic) bond motifs is 3. The van der Waals surface area contributed by atoms with Gasteiger partial charge in [-0.2, -0.15) is 0 Å². The lowest BCUT2D eigenvalue weighted by molar-refractivity contribution is -0.129. The van der Waals surface area contributed by atoms with Crippen LogP contribution in [0.4, 0.5) is 5.13 Å². The molecular formula is C22H15Cl4N3O2S2. The number of nitrogens with two attached hydrogens (primary N) is 1. The van der Waals surface area contributed by atoms with Crippen LogP contribution in [0.3, 0.4) is 0 Å². The molecule has 2 heterocycles. The van der Waals surface area contributed by atoms with Gasteiger partial charge in [-0.05, 0) is 55.3 Å². The predicted octanol–water partition coefficient (Wildman–Crippen LogP) is 8.14. The highest BCUT2D eigenvalue weighted by atomic mass is 35.5. The normalized spacial score (nSPS) is 16.2. The van der Waals surface area contributed by atoms with E-state index in [0.29, 0.717) is 31.3 Å². The number of benzene rings is 2. The molecule has 1 aromatic heterocycles. The molecule has 0 saturated heterocycles. The lowest BCUT2D eigenvalue weighted by atomic mass is 9.99. The van der Waals surface area contributed by atoms with Gasteiger partial charge in [0.15, 0.2) is 5.71 Å². The molecule has 1 aliphatic rings. The molecule has 1 aliphatic heterocycles. The molecule has 0 radical (unpaired) electrons. The molecule has 0 bridgehead atoms. The second-order valence-electron chi connectivity index (χ2n) is 7.23. The average Bonchev–Trinajstić information content (AvgIpc) is 3.10. The van der Waals surface area contributed by atoms with E-state index in [1.54, 1.807) is 43.0 Å². The number of aromatic nitrogens is 1. The first-order valence-electron chi connectivity index (χ1n) is 9.47. The van der Waals surface area contributed by atoms with E-state index in [9.17, 15) is 9.90 Å². The summed E-state index contributed by atoms with van der Waals surface area (Å²) in [6.45, 7) is 3.65. The Labute approximate surface area is 218 Å². The summed E-state index contributed by atoms with van der Waals surface area (Å²) in [5.41, 5.74) is 9.29. The number of nitrogens with zero attached hydrogens (tertiary/aromatic N) is 2. The van der Waals surface area contributed by atoms with Gasteiger partial charge in [-0.1, -0.05) is 57.7 Å². The zero-order valence-corrected chi connectivity index (χ0v) is 21.8. The van der Waals surface area contributed by atoms with Crippen LogP contribution in [0.2, 0.25) is 20.1 Å². The Morgan fingerprint density at radius 3 is 2.33 bits per heavy atom. The Balaban J connectivity index is 1.86. The van der Waals surface area contributed by atoms with E-state index in [4.69, 9.17) is 52.1 Å². The van der Waals surface area contributed by atoms with E-state index in [-0.39, 0.29) is 27.4 Å². The van der Waals surface area contributed by atoms with Gasteiger partial charge in [0, 0.05) is 32.1 Å². The van der Waals surface area contributed by atoms with Gasteiger partial charge >= 0.3 is 5.97 Å². The third kappa shape index (κ3) is 4.90. The molecule has 1 atom stereocenters. The van der Waals surface area contributed by atoms with E-state index in [1.807, 2.05) is 6.07 Å². The van der Waals surface area contributed by atoms with Crippen molar-refractivity contribution < 1.29 is 9.90 Å². The minimum absolute atomic E-state index is 0.119. The van der Waals surface area contributed by atoms with Crippen molar-refractivity contribution in [2.24, 2.45) is 10.7 Å². The lowest BCUT2D eigenvalue weighted by Crippen LogP contribution is -2.18. The average molecular weight is 559 g/mol. The van der Waals surface area contributed by atoms with E-state index in [1.165, 1.54) is 11.3 Å². The van der Waals surface area contributed by atoms with Gasteiger partial charge in [0.1, 0.15) is 0 Å². The largest absolute Gasteiger partial charge is 0.476 e. The molecule has 1 unspecified atom stereocenters. The highest BCUT2D eigenvalue weighted by Gasteiger charge is 2.28. The van der Waals surface area contributed by atoms with Crippen LogP contribution in [0.15, 0.2) is 45.2 Å². The van der Waals surface area contributed by atoms with Crippen molar-refractivity contribution in [1.82, 2.24) is 4.98 Å². The van der Waals surface area contributed by atoms with Crippen LogP contribution in [0.5, 0.6) is 0 Å². The Morgan fingerprint density at radius 1 is 1.09 bits per heavy atom. The van der Waals surface area contributed by atoms with Crippen molar-refractivity contribution in [2.45, 2.75) is 23.3 Å². The SMILES string of the molecule is CC(N)=C(C(=Nc1nc2c(s1)SC(C)c1cc(Cl)c(Cl)cc1-2)C(=O)O)c1cc(Cl)cc(Cl)c1. The second-order valence-corrected chi connectivity index (χ2v) is 11.5. The van der Waals surface area contributed by atoms with Gasteiger partial charge in [0.05, 0.1) is 19.9 Å². The molecule has 5 nitrogen and oxygen atoms in total. The zero-order valence-electron chi connectivity index (χ0n) is 17.1. The quantitative estimate of drug-likeness (QED) is 0.315. The number of hydrogen-bond donors (Lipinski definition) is 2. The fourth-order valence-corrected chi connectivity index (χ4v) is 6.79. The molecule has 33 heavy (non-hydrogen) atoms. The van der Waals surface area contributed by atoms with E-state index < -0.39 is 5.97 Å². The van der Waals surface area contributed by atoms with Crippen LogP contribution < -0.4 is 5.73 Å².